The summed E-state index contributed by atoms with van der Waals surface area (Å²) in [6.45, 7) is 3.62. The van der Waals surface area contributed by atoms with E-state index in [1.807, 2.05) is 6.92 Å². The van der Waals surface area contributed by atoms with Crippen LogP contribution in [0.4, 0.5) is 16.2 Å². The number of fused-ring (bicyclic) bond motifs is 1. The Hall–Kier alpha value is -2.45. The van der Waals surface area contributed by atoms with Gasteiger partial charge in [0.1, 0.15) is 10.7 Å². The van der Waals surface area contributed by atoms with Crippen LogP contribution in [-0.2, 0) is 6.42 Å². The summed E-state index contributed by atoms with van der Waals surface area (Å²) in [7, 11) is 0. The minimum Gasteiger partial charge on any atom is -0.308 e. The minimum absolute atomic E-state index is 0.0972. The second-order valence-corrected chi connectivity index (χ2v) is 6.49. The third-order valence-corrected chi connectivity index (χ3v) is 4.54. The number of urea groups is 1. The molecule has 0 atom stereocenters. The van der Waals surface area contributed by atoms with Crippen LogP contribution < -0.4 is 16.2 Å². The molecule has 0 aliphatic carbocycles. The summed E-state index contributed by atoms with van der Waals surface area (Å²) >= 11 is 7.23. The van der Waals surface area contributed by atoms with E-state index in [2.05, 4.69) is 20.7 Å². The van der Waals surface area contributed by atoms with Crippen LogP contribution in [0.3, 0.4) is 0 Å². The molecule has 3 rings (SSSR count). The van der Waals surface area contributed by atoms with Gasteiger partial charge in [0.2, 0.25) is 4.96 Å². The SMILES string of the molecule is CCc1nn2c(=O)c(NC(=O)Nc3cccc(Cl)c3)c(C)nc2s1. The summed E-state index contributed by atoms with van der Waals surface area (Å²) in [5.41, 5.74) is 0.649. The number of carbonyl (C=O) groups excluding carboxylic acids is 1. The lowest BCUT2D eigenvalue weighted by atomic mass is 10.3. The first kappa shape index (κ1) is 16.4. The number of benzene rings is 1. The maximum Gasteiger partial charge on any atom is 0.323 e. The highest BCUT2D eigenvalue weighted by Gasteiger charge is 2.15. The van der Waals surface area contributed by atoms with E-state index in [0.29, 0.717) is 27.8 Å². The van der Waals surface area contributed by atoms with Crippen LogP contribution in [0.15, 0.2) is 29.1 Å². The predicted molar refractivity (Wildman–Crippen MR) is 95.3 cm³/mol. The van der Waals surface area contributed by atoms with E-state index in [1.54, 1.807) is 31.2 Å². The zero-order chi connectivity index (χ0) is 17.3. The normalized spacial score (nSPS) is 10.8. The molecule has 2 heterocycles. The molecule has 2 N–H and O–H groups in total. The van der Waals surface area contributed by atoms with Gasteiger partial charge in [-0.2, -0.15) is 9.61 Å². The molecule has 0 saturated heterocycles. The van der Waals surface area contributed by atoms with Crippen LogP contribution in [0.1, 0.15) is 17.6 Å². The summed E-state index contributed by atoms with van der Waals surface area (Å²) in [6, 6.07) is 6.17. The molecule has 0 radical (unpaired) electrons. The van der Waals surface area contributed by atoms with Gasteiger partial charge in [0.15, 0.2) is 0 Å². The molecule has 0 aliphatic heterocycles. The number of halogens is 1. The van der Waals surface area contributed by atoms with E-state index in [9.17, 15) is 9.59 Å². The quantitative estimate of drug-likeness (QED) is 0.747. The number of nitrogens with one attached hydrogen (secondary N) is 2. The zero-order valence-electron chi connectivity index (χ0n) is 13.0. The molecule has 1 aromatic carbocycles. The van der Waals surface area contributed by atoms with Crippen molar-refractivity contribution in [3.8, 4) is 0 Å². The van der Waals surface area contributed by atoms with E-state index in [1.165, 1.54) is 15.9 Å². The molecular formula is C15H14ClN5O2S. The van der Waals surface area contributed by atoms with Gasteiger partial charge in [-0.3, -0.25) is 4.79 Å². The van der Waals surface area contributed by atoms with Crippen LogP contribution in [0.25, 0.3) is 4.96 Å². The van der Waals surface area contributed by atoms with Crippen LogP contribution >= 0.6 is 22.9 Å². The number of nitrogens with zero attached hydrogens (tertiary/aromatic N) is 3. The van der Waals surface area contributed by atoms with Crippen LogP contribution in [0.5, 0.6) is 0 Å². The molecule has 0 fully saturated rings. The molecule has 2 aromatic heterocycles. The molecule has 0 aliphatic rings. The Labute approximate surface area is 146 Å². The van der Waals surface area contributed by atoms with Crippen molar-refractivity contribution in [1.82, 2.24) is 14.6 Å². The highest BCUT2D eigenvalue weighted by molar-refractivity contribution is 7.16. The topological polar surface area (TPSA) is 88.4 Å². The first-order valence-corrected chi connectivity index (χ1v) is 8.40. The molecule has 0 spiro atoms. The second-order valence-electron chi connectivity index (χ2n) is 5.01. The third-order valence-electron chi connectivity index (χ3n) is 3.26. The van der Waals surface area contributed by atoms with Crippen molar-refractivity contribution in [3.05, 3.63) is 50.3 Å². The van der Waals surface area contributed by atoms with Gasteiger partial charge in [0.25, 0.3) is 5.56 Å². The van der Waals surface area contributed by atoms with Gasteiger partial charge in [-0.15, -0.1) is 0 Å². The van der Waals surface area contributed by atoms with E-state index in [0.717, 1.165) is 5.01 Å². The lowest BCUT2D eigenvalue weighted by Crippen LogP contribution is -2.28. The number of carbonyl (C=O) groups is 1. The number of rotatable bonds is 3. The molecule has 24 heavy (non-hydrogen) atoms. The number of hydrogen-bond acceptors (Lipinski definition) is 5. The Kier molecular flexibility index (Phi) is 4.50. The maximum atomic E-state index is 12.5. The standard InChI is InChI=1S/C15H14ClN5O2S/c1-3-11-20-21-13(22)12(8(2)17-15(21)24-11)19-14(23)18-10-6-4-5-9(16)7-10/h4-7H,3H2,1-2H3,(H2,18,19,23). The highest BCUT2D eigenvalue weighted by atomic mass is 35.5. The van der Waals surface area contributed by atoms with Gasteiger partial charge in [-0.1, -0.05) is 35.9 Å². The highest BCUT2D eigenvalue weighted by Crippen LogP contribution is 2.17. The van der Waals surface area contributed by atoms with Crippen LogP contribution in [0.2, 0.25) is 5.02 Å². The third kappa shape index (κ3) is 3.24. The summed E-state index contributed by atoms with van der Waals surface area (Å²) < 4.78 is 1.21. The van der Waals surface area contributed by atoms with Crippen molar-refractivity contribution in [2.75, 3.05) is 10.6 Å². The zero-order valence-corrected chi connectivity index (χ0v) is 14.5. The van der Waals surface area contributed by atoms with Gasteiger partial charge >= 0.3 is 6.03 Å². The van der Waals surface area contributed by atoms with Gasteiger partial charge in [0, 0.05) is 10.7 Å². The largest absolute Gasteiger partial charge is 0.323 e. The molecular weight excluding hydrogens is 350 g/mol. The Morgan fingerprint density at radius 1 is 1.38 bits per heavy atom. The molecule has 9 heteroatoms. The first-order chi connectivity index (χ1) is 11.5. The van der Waals surface area contributed by atoms with Gasteiger partial charge in [-0.05, 0) is 31.5 Å². The fourth-order valence-electron chi connectivity index (χ4n) is 2.11. The van der Waals surface area contributed by atoms with Crippen molar-refractivity contribution in [3.63, 3.8) is 0 Å². The molecule has 0 unspecified atom stereocenters. The Bertz CT molecular complexity index is 982. The summed E-state index contributed by atoms with van der Waals surface area (Å²) in [5, 5.41) is 10.7. The molecule has 0 saturated carbocycles. The van der Waals surface area contributed by atoms with E-state index in [-0.39, 0.29) is 5.69 Å². The fourth-order valence-corrected chi connectivity index (χ4v) is 3.18. The predicted octanol–water partition coefficient (Wildman–Crippen LogP) is 3.32. The van der Waals surface area contributed by atoms with Crippen molar-refractivity contribution in [2.45, 2.75) is 20.3 Å². The molecule has 3 aromatic rings. The van der Waals surface area contributed by atoms with Crippen molar-refractivity contribution in [1.29, 1.82) is 0 Å². The Balaban J connectivity index is 1.89. The summed E-state index contributed by atoms with van der Waals surface area (Å²) in [6.07, 6.45) is 0.713. The molecule has 7 nitrogen and oxygen atoms in total. The van der Waals surface area contributed by atoms with Crippen molar-refractivity contribution < 1.29 is 4.79 Å². The van der Waals surface area contributed by atoms with Gasteiger partial charge in [-0.25, -0.2) is 9.78 Å². The first-order valence-electron chi connectivity index (χ1n) is 7.21. The molecule has 124 valence electrons. The average Bonchev–Trinajstić information content (AvgIpc) is 2.94. The van der Waals surface area contributed by atoms with Crippen molar-refractivity contribution in [2.24, 2.45) is 0 Å². The lowest BCUT2D eigenvalue weighted by Gasteiger charge is -2.09. The van der Waals surface area contributed by atoms with Gasteiger partial charge in [0.05, 0.1) is 5.69 Å². The smallest absolute Gasteiger partial charge is 0.308 e. The minimum atomic E-state index is -0.551. The van der Waals surface area contributed by atoms with Crippen molar-refractivity contribution >= 4 is 45.3 Å². The molecule has 2 amide bonds. The number of aromatic nitrogens is 3. The summed E-state index contributed by atoms with van der Waals surface area (Å²) in [5.74, 6) is 0. The Morgan fingerprint density at radius 3 is 2.88 bits per heavy atom. The summed E-state index contributed by atoms with van der Waals surface area (Å²) in [4.78, 5) is 29.5. The number of anilines is 2. The second kappa shape index (κ2) is 6.58. The van der Waals surface area contributed by atoms with Crippen LogP contribution in [-0.4, -0.2) is 20.6 Å². The van der Waals surface area contributed by atoms with E-state index >= 15 is 0 Å². The number of aryl methyl sites for hydroxylation is 2. The monoisotopic (exact) mass is 363 g/mol. The number of hydrogen-bond donors (Lipinski definition) is 2. The lowest BCUT2D eigenvalue weighted by molar-refractivity contribution is 0.262. The van der Waals surface area contributed by atoms with E-state index in [4.69, 9.17) is 11.6 Å². The maximum absolute atomic E-state index is 12.5. The van der Waals surface area contributed by atoms with Gasteiger partial charge < -0.3 is 10.6 Å². The van der Waals surface area contributed by atoms with Crippen LogP contribution in [0, 0.1) is 6.92 Å². The Morgan fingerprint density at radius 2 is 2.17 bits per heavy atom. The average molecular weight is 364 g/mol. The van der Waals surface area contributed by atoms with E-state index < -0.39 is 11.6 Å². The fraction of sp³-hybridized carbons (Fsp3) is 0.200. The molecule has 0 bridgehead atoms. The number of amides is 2.